The Labute approximate surface area is 366 Å². The van der Waals surface area contributed by atoms with Gasteiger partial charge in [-0.3, -0.25) is 4.99 Å². The molecular weight excluding hydrogens is 847 g/mol. The van der Waals surface area contributed by atoms with Gasteiger partial charge in [0.25, 0.3) is 0 Å². The summed E-state index contributed by atoms with van der Waals surface area (Å²) in [6.07, 6.45) is 1.90. The van der Waals surface area contributed by atoms with Gasteiger partial charge in [-0.15, -0.1) is 0 Å². The Morgan fingerprint density at radius 2 is 0.983 bits per heavy atom. The van der Waals surface area contributed by atoms with Gasteiger partial charge >= 0.3 is 0 Å². The zero-order valence-electron chi connectivity index (χ0n) is 33.7. The Morgan fingerprint density at radius 3 is 1.51 bits per heavy atom. The maximum absolute atomic E-state index is 12.5. The van der Waals surface area contributed by atoms with E-state index in [-0.39, 0.29) is 5.88 Å². The average molecular weight is 893 g/mol. The molecule has 0 amide bonds. The van der Waals surface area contributed by atoms with E-state index in [1.807, 2.05) is 55.9 Å². The van der Waals surface area contributed by atoms with Crippen molar-refractivity contribution in [2.75, 3.05) is 5.88 Å². The number of rotatable bonds is 6. The highest BCUT2D eigenvalue weighted by Gasteiger charge is 2.19. The van der Waals surface area contributed by atoms with Crippen molar-refractivity contribution in [3.63, 3.8) is 0 Å². The Balaban J connectivity index is 0.000000153. The van der Waals surface area contributed by atoms with Crippen molar-refractivity contribution in [3.05, 3.63) is 224 Å². The fourth-order valence-corrected chi connectivity index (χ4v) is 10.2. The molecule has 296 valence electrons. The summed E-state index contributed by atoms with van der Waals surface area (Å²) in [7, 11) is -3.43. The normalized spacial score (nSPS) is 12.6. The molecule has 0 spiro atoms. The van der Waals surface area contributed by atoms with Gasteiger partial charge in [0.15, 0.2) is 9.84 Å². The van der Waals surface area contributed by atoms with Crippen LogP contribution < -0.4 is 0 Å². The van der Waals surface area contributed by atoms with Crippen LogP contribution in [0.15, 0.2) is 198 Å². The lowest BCUT2D eigenvalue weighted by Crippen LogP contribution is -2.08. The zero-order chi connectivity index (χ0) is 41.5. The van der Waals surface area contributed by atoms with Gasteiger partial charge in [-0.2, -0.15) is 0 Å². The first-order valence-corrected chi connectivity index (χ1v) is 23.6. The number of benzene rings is 7. The van der Waals surface area contributed by atoms with Crippen LogP contribution in [0.2, 0.25) is 0 Å². The van der Waals surface area contributed by atoms with Gasteiger partial charge in [-0.05, 0) is 146 Å². The van der Waals surface area contributed by atoms with Crippen molar-refractivity contribution in [1.29, 1.82) is 0 Å². The molecule has 0 aromatic heterocycles. The predicted octanol–water partition coefficient (Wildman–Crippen LogP) is 14.2. The van der Waals surface area contributed by atoms with Crippen LogP contribution in [0.5, 0.6) is 0 Å². The van der Waals surface area contributed by atoms with E-state index < -0.39 is 9.84 Å². The second kappa shape index (κ2) is 19.0. The molecule has 0 aliphatic carbocycles. The lowest BCUT2D eigenvalue weighted by Gasteiger charge is -2.20. The lowest BCUT2D eigenvalue weighted by molar-refractivity contribution is 0.596. The number of aryl methyl sites for hydroxylation is 3. The quantitative estimate of drug-likeness (QED) is 0.156. The van der Waals surface area contributed by atoms with E-state index in [1.165, 1.54) is 64.1 Å². The molecule has 0 bridgehead atoms. The standard InChI is InChI=1S/C23H21NO2S2.C22H18S.C7H7Br/c1-16-7-10-21(11-8-16)28(25,26)15-24-17(2)18-9-12-23-20(13-18)14-19-5-3-4-6-22(19)27-23;1-15-7-9-17(10-8-15)16(2)18-11-12-22-20(13-18)14-19-5-3-4-6-21(19)23-22;1-6-2-4-7(8)5-3-6/h3-13H,14-15H2,1-2H3;3-13H,2,14H2,1H3;2-5H,1H3. The predicted molar refractivity (Wildman–Crippen MR) is 253 cm³/mol. The summed E-state index contributed by atoms with van der Waals surface area (Å²) in [6.45, 7) is 12.3. The highest BCUT2D eigenvalue weighted by atomic mass is 79.9. The first-order chi connectivity index (χ1) is 28.4. The highest BCUT2D eigenvalue weighted by Crippen LogP contribution is 2.41. The van der Waals surface area contributed by atoms with Crippen LogP contribution in [-0.2, 0) is 22.7 Å². The molecule has 0 fully saturated rings. The monoisotopic (exact) mass is 891 g/mol. The van der Waals surface area contributed by atoms with E-state index in [9.17, 15) is 8.42 Å². The summed E-state index contributed by atoms with van der Waals surface area (Å²) in [6, 6.07) is 53.9. The van der Waals surface area contributed by atoms with Crippen molar-refractivity contribution in [2.45, 2.75) is 65.0 Å². The molecule has 2 aliphatic heterocycles. The molecule has 7 aromatic carbocycles. The highest BCUT2D eigenvalue weighted by molar-refractivity contribution is 9.10. The van der Waals surface area contributed by atoms with Crippen LogP contribution in [-0.4, -0.2) is 20.0 Å². The third-order valence-corrected chi connectivity index (χ3v) is 14.8. The molecular formula is C52H46BrNO2S3. The van der Waals surface area contributed by atoms with Crippen molar-refractivity contribution < 1.29 is 8.42 Å². The van der Waals surface area contributed by atoms with Gasteiger partial charge in [0.05, 0.1) is 4.90 Å². The summed E-state index contributed by atoms with van der Waals surface area (Å²) >= 11 is 7.00. The van der Waals surface area contributed by atoms with Crippen LogP contribution in [0.1, 0.15) is 62.6 Å². The Kier molecular flexibility index (Phi) is 13.6. The Bertz CT molecular complexity index is 2740. The molecule has 0 atom stereocenters. The second-order valence-electron chi connectivity index (χ2n) is 14.9. The molecule has 3 nitrogen and oxygen atoms in total. The molecule has 7 heteroatoms. The maximum atomic E-state index is 12.5. The summed E-state index contributed by atoms with van der Waals surface area (Å²) in [5, 5.41) is 0. The number of hydrogen-bond acceptors (Lipinski definition) is 5. The molecule has 0 radical (unpaired) electrons. The van der Waals surface area contributed by atoms with E-state index in [2.05, 4.69) is 157 Å². The third-order valence-electron chi connectivity index (χ3n) is 10.3. The minimum absolute atomic E-state index is 0.240. The van der Waals surface area contributed by atoms with Gasteiger partial charge in [0.1, 0.15) is 5.88 Å². The smallest absolute Gasteiger partial charge is 0.198 e. The van der Waals surface area contributed by atoms with Crippen molar-refractivity contribution in [3.8, 4) is 0 Å². The van der Waals surface area contributed by atoms with Crippen LogP contribution in [0.4, 0.5) is 0 Å². The minimum atomic E-state index is -3.43. The molecule has 2 aliphatic rings. The van der Waals surface area contributed by atoms with Crippen molar-refractivity contribution in [1.82, 2.24) is 0 Å². The van der Waals surface area contributed by atoms with Crippen LogP contribution >= 0.6 is 39.5 Å². The van der Waals surface area contributed by atoms with Crippen LogP contribution in [0, 0.1) is 20.8 Å². The largest absolute Gasteiger partial charge is 0.273 e. The van der Waals surface area contributed by atoms with Gasteiger partial charge in [0, 0.05) is 29.8 Å². The summed E-state index contributed by atoms with van der Waals surface area (Å²) < 4.78 is 26.2. The van der Waals surface area contributed by atoms with E-state index in [0.717, 1.165) is 39.7 Å². The second-order valence-corrected chi connectivity index (χ2v) is 19.9. The number of sulfone groups is 1. The fraction of sp³-hybridized carbons (Fsp3) is 0.135. The fourth-order valence-electron chi connectivity index (χ4n) is 6.74. The number of fused-ring (bicyclic) bond motifs is 4. The first kappa shape index (κ1) is 42.2. The van der Waals surface area contributed by atoms with Gasteiger partial charge in [-0.1, -0.05) is 160 Å². The van der Waals surface area contributed by atoms with Gasteiger partial charge in [-0.25, -0.2) is 8.42 Å². The SMILES string of the molecule is C=C(c1ccc(C)cc1)c1ccc2c(c1)Cc1ccccc1S2.CC(=NCS(=O)(=O)c1ccc(C)cc1)c1ccc2c(c1)Cc1ccccc1S2.Cc1ccc(Br)cc1. The Hall–Kier alpha value is -4.92. The number of nitrogens with zero attached hydrogens (tertiary/aromatic N) is 1. The molecule has 0 saturated carbocycles. The molecule has 59 heavy (non-hydrogen) atoms. The molecule has 2 heterocycles. The van der Waals surface area contributed by atoms with E-state index in [0.29, 0.717) is 4.90 Å². The van der Waals surface area contributed by atoms with Gasteiger partial charge < -0.3 is 0 Å². The Morgan fingerprint density at radius 1 is 0.559 bits per heavy atom. The van der Waals surface area contributed by atoms with Crippen LogP contribution in [0.25, 0.3) is 5.57 Å². The zero-order valence-corrected chi connectivity index (χ0v) is 37.7. The number of halogens is 1. The van der Waals surface area contributed by atoms with E-state index >= 15 is 0 Å². The average Bonchev–Trinajstić information content (AvgIpc) is 3.25. The lowest BCUT2D eigenvalue weighted by atomic mass is 9.95. The molecule has 9 rings (SSSR count). The number of aliphatic imine (C=N–C) groups is 1. The van der Waals surface area contributed by atoms with Crippen molar-refractivity contribution >= 4 is 60.6 Å². The summed E-state index contributed by atoms with van der Waals surface area (Å²) in [4.78, 5) is 9.99. The summed E-state index contributed by atoms with van der Waals surface area (Å²) in [5.74, 6) is -0.240. The first-order valence-electron chi connectivity index (χ1n) is 19.5. The van der Waals surface area contributed by atoms with E-state index in [4.69, 9.17) is 0 Å². The minimum Gasteiger partial charge on any atom is -0.273 e. The molecule has 0 unspecified atom stereocenters. The molecule has 0 saturated heterocycles. The van der Waals surface area contributed by atoms with E-state index in [1.54, 1.807) is 23.9 Å². The van der Waals surface area contributed by atoms with Crippen LogP contribution in [0.3, 0.4) is 0 Å². The molecule has 0 N–H and O–H groups in total. The topological polar surface area (TPSA) is 46.5 Å². The van der Waals surface area contributed by atoms with Crippen molar-refractivity contribution in [2.24, 2.45) is 4.99 Å². The number of hydrogen-bond donors (Lipinski definition) is 0. The molecule has 7 aromatic rings. The summed E-state index contributed by atoms with van der Waals surface area (Å²) in [5.41, 5.74) is 14.2. The maximum Gasteiger partial charge on any atom is 0.198 e. The van der Waals surface area contributed by atoms with Gasteiger partial charge in [0.2, 0.25) is 0 Å². The third kappa shape index (κ3) is 10.8.